The Morgan fingerprint density at radius 1 is 0.718 bits per heavy atom. The molecule has 0 aliphatic rings. The monoisotopic (exact) mass is 549 g/mol. The number of hydrogen-bond donors (Lipinski definition) is 0. The van der Waals surface area contributed by atoms with Crippen LogP contribution in [0.1, 0.15) is 5.56 Å². The third-order valence-corrected chi connectivity index (χ3v) is 7.81. The fourth-order valence-corrected chi connectivity index (χ4v) is 5.44. The van der Waals surface area contributed by atoms with Crippen molar-refractivity contribution >= 4 is 38.4 Å². The van der Waals surface area contributed by atoms with Gasteiger partial charge < -0.3 is 18.9 Å². The largest absolute Gasteiger partial charge is 0.497 e. The number of sulfonamides is 1. The van der Waals surface area contributed by atoms with Crippen LogP contribution in [0.4, 0.5) is 5.69 Å². The van der Waals surface area contributed by atoms with Crippen LogP contribution in [0.15, 0.2) is 89.8 Å². The normalized spacial score (nSPS) is 11.1. The third-order valence-electron chi connectivity index (χ3n) is 6.03. The number of nitrogens with zero attached hydrogens (tertiary/aromatic N) is 1. The fourth-order valence-electron chi connectivity index (χ4n) is 4.01. The molecule has 4 aromatic rings. The SMILES string of the molecule is COC(=O)Cc1ccccc1Oc1ccc(N(CC(=O)OC)S(=O)(=O)c2ccc(OC)cc2)c2ccccc12. The predicted octanol–water partition coefficient (Wildman–Crippen LogP) is 4.72. The van der Waals surface area contributed by atoms with E-state index in [0.717, 1.165) is 4.31 Å². The van der Waals surface area contributed by atoms with Crippen LogP contribution in [0.3, 0.4) is 0 Å². The summed E-state index contributed by atoms with van der Waals surface area (Å²) in [6.45, 7) is -0.545. The van der Waals surface area contributed by atoms with E-state index in [0.29, 0.717) is 33.6 Å². The third kappa shape index (κ3) is 5.96. The molecule has 0 saturated carbocycles. The van der Waals surface area contributed by atoms with Gasteiger partial charge in [-0.15, -0.1) is 0 Å². The van der Waals surface area contributed by atoms with Crippen molar-refractivity contribution < 1.29 is 37.0 Å². The summed E-state index contributed by atoms with van der Waals surface area (Å²) in [5.41, 5.74) is 0.897. The number of fused-ring (bicyclic) bond motifs is 1. The van der Waals surface area contributed by atoms with Gasteiger partial charge in [-0.25, -0.2) is 8.42 Å². The van der Waals surface area contributed by atoms with Crippen LogP contribution in [0.5, 0.6) is 17.2 Å². The van der Waals surface area contributed by atoms with Crippen LogP contribution in [0.25, 0.3) is 10.8 Å². The minimum atomic E-state index is -4.19. The lowest BCUT2D eigenvalue weighted by Gasteiger charge is -2.25. The second kappa shape index (κ2) is 11.9. The highest BCUT2D eigenvalue weighted by molar-refractivity contribution is 7.92. The Hall–Kier alpha value is -4.57. The zero-order valence-electron chi connectivity index (χ0n) is 21.6. The summed E-state index contributed by atoms with van der Waals surface area (Å²) >= 11 is 0. The van der Waals surface area contributed by atoms with Crippen molar-refractivity contribution in [2.45, 2.75) is 11.3 Å². The Morgan fingerprint density at radius 2 is 1.36 bits per heavy atom. The number of esters is 2. The molecule has 0 unspecified atom stereocenters. The van der Waals surface area contributed by atoms with E-state index >= 15 is 0 Å². The Kier molecular flexibility index (Phi) is 8.36. The molecule has 0 bridgehead atoms. The van der Waals surface area contributed by atoms with Crippen LogP contribution in [0, 0.1) is 0 Å². The summed E-state index contributed by atoms with van der Waals surface area (Å²) in [6.07, 6.45) is 0.0235. The van der Waals surface area contributed by atoms with E-state index in [1.54, 1.807) is 60.7 Å². The smallest absolute Gasteiger partial charge is 0.326 e. The Balaban J connectivity index is 1.82. The number of anilines is 1. The maximum absolute atomic E-state index is 13.8. The molecule has 4 aromatic carbocycles. The van der Waals surface area contributed by atoms with Crippen molar-refractivity contribution in [1.29, 1.82) is 0 Å². The van der Waals surface area contributed by atoms with E-state index < -0.39 is 28.5 Å². The van der Waals surface area contributed by atoms with E-state index in [-0.39, 0.29) is 17.0 Å². The lowest BCUT2D eigenvalue weighted by molar-refractivity contribution is -0.140. The summed E-state index contributed by atoms with van der Waals surface area (Å²) in [6, 6.07) is 23.2. The van der Waals surface area contributed by atoms with Gasteiger partial charge in [0.1, 0.15) is 23.8 Å². The summed E-state index contributed by atoms with van der Waals surface area (Å²) in [5, 5.41) is 1.13. The molecular formula is C29H27NO8S. The fraction of sp³-hybridized carbons (Fsp3) is 0.172. The lowest BCUT2D eigenvalue weighted by atomic mass is 10.1. The van der Waals surface area contributed by atoms with Crippen molar-refractivity contribution in [2.75, 3.05) is 32.2 Å². The number of hydrogen-bond acceptors (Lipinski definition) is 8. The average molecular weight is 550 g/mol. The van der Waals surface area contributed by atoms with Gasteiger partial charge in [0.2, 0.25) is 0 Å². The molecule has 0 N–H and O–H groups in total. The summed E-state index contributed by atoms with van der Waals surface area (Å²) in [4.78, 5) is 24.2. The maximum Gasteiger partial charge on any atom is 0.326 e. The molecule has 0 saturated heterocycles. The number of carbonyl (C=O) groups is 2. The molecule has 0 spiro atoms. The number of carbonyl (C=O) groups excluding carboxylic acids is 2. The topological polar surface area (TPSA) is 108 Å². The Morgan fingerprint density at radius 3 is 2.03 bits per heavy atom. The molecule has 0 heterocycles. The molecule has 0 aliphatic carbocycles. The minimum absolute atomic E-state index is 0.0200. The van der Waals surface area contributed by atoms with Crippen molar-refractivity contribution in [3.05, 3.63) is 90.5 Å². The number of methoxy groups -OCH3 is 3. The van der Waals surface area contributed by atoms with Gasteiger partial charge in [0.25, 0.3) is 10.0 Å². The van der Waals surface area contributed by atoms with Gasteiger partial charge in [0.05, 0.1) is 38.3 Å². The van der Waals surface area contributed by atoms with E-state index in [9.17, 15) is 18.0 Å². The maximum atomic E-state index is 13.8. The molecule has 202 valence electrons. The molecule has 4 rings (SSSR count). The Bertz CT molecular complexity index is 1600. The van der Waals surface area contributed by atoms with Gasteiger partial charge in [-0.1, -0.05) is 42.5 Å². The lowest BCUT2D eigenvalue weighted by Crippen LogP contribution is -2.36. The van der Waals surface area contributed by atoms with Gasteiger partial charge in [-0.2, -0.15) is 0 Å². The standard InChI is InChI=1S/C29H27NO8S/c1-35-21-12-14-22(15-13-21)39(33,34)30(19-29(32)37-3)25-16-17-27(24-10-6-5-9-23(24)25)38-26-11-7-4-8-20(26)18-28(31)36-2/h4-17H,18-19H2,1-3H3. The number of benzene rings is 4. The highest BCUT2D eigenvalue weighted by Crippen LogP contribution is 2.38. The number of ether oxygens (including phenoxy) is 4. The summed E-state index contributed by atoms with van der Waals surface area (Å²) in [5.74, 6) is 0.249. The molecule has 9 nitrogen and oxygen atoms in total. The van der Waals surface area contributed by atoms with Gasteiger partial charge in [-0.3, -0.25) is 13.9 Å². The van der Waals surface area contributed by atoms with E-state index in [1.807, 2.05) is 0 Å². The van der Waals surface area contributed by atoms with Crippen LogP contribution in [-0.2, 0) is 35.5 Å². The number of para-hydroxylation sites is 1. The summed E-state index contributed by atoms with van der Waals surface area (Å²) < 4.78 is 49.5. The van der Waals surface area contributed by atoms with Crippen molar-refractivity contribution in [2.24, 2.45) is 0 Å². The summed E-state index contributed by atoms with van der Waals surface area (Å²) in [7, 11) is -0.190. The molecule has 0 aliphatic heterocycles. The molecule has 0 radical (unpaired) electrons. The highest BCUT2D eigenvalue weighted by Gasteiger charge is 2.29. The first-order valence-corrected chi connectivity index (χ1v) is 13.3. The average Bonchev–Trinajstić information content (AvgIpc) is 2.97. The molecule has 0 fully saturated rings. The molecule has 10 heteroatoms. The van der Waals surface area contributed by atoms with Crippen molar-refractivity contribution in [3.63, 3.8) is 0 Å². The van der Waals surface area contributed by atoms with E-state index in [1.165, 1.54) is 45.6 Å². The quantitative estimate of drug-likeness (QED) is 0.262. The van der Waals surface area contributed by atoms with E-state index in [4.69, 9.17) is 18.9 Å². The predicted molar refractivity (Wildman–Crippen MR) is 146 cm³/mol. The van der Waals surface area contributed by atoms with Crippen LogP contribution < -0.4 is 13.8 Å². The molecule has 0 atom stereocenters. The highest BCUT2D eigenvalue weighted by atomic mass is 32.2. The molecule has 39 heavy (non-hydrogen) atoms. The van der Waals surface area contributed by atoms with Crippen LogP contribution in [0.2, 0.25) is 0 Å². The first-order chi connectivity index (χ1) is 18.8. The van der Waals surface area contributed by atoms with Gasteiger partial charge in [-0.05, 0) is 42.5 Å². The molecule has 0 amide bonds. The molecule has 0 aromatic heterocycles. The Labute approximate surface area is 226 Å². The van der Waals surface area contributed by atoms with Crippen LogP contribution >= 0.6 is 0 Å². The molecular weight excluding hydrogens is 522 g/mol. The first-order valence-electron chi connectivity index (χ1n) is 11.9. The van der Waals surface area contributed by atoms with Crippen molar-refractivity contribution in [1.82, 2.24) is 0 Å². The second-order valence-corrected chi connectivity index (χ2v) is 10.2. The van der Waals surface area contributed by atoms with Crippen LogP contribution in [-0.4, -0.2) is 48.2 Å². The van der Waals surface area contributed by atoms with Gasteiger partial charge in [0, 0.05) is 16.3 Å². The minimum Gasteiger partial charge on any atom is -0.497 e. The zero-order valence-corrected chi connectivity index (χ0v) is 22.4. The van der Waals surface area contributed by atoms with Gasteiger partial charge >= 0.3 is 11.9 Å². The van der Waals surface area contributed by atoms with Crippen molar-refractivity contribution in [3.8, 4) is 17.2 Å². The number of rotatable bonds is 10. The zero-order chi connectivity index (χ0) is 28.0. The second-order valence-electron chi connectivity index (χ2n) is 8.35. The first kappa shape index (κ1) is 27.5. The van der Waals surface area contributed by atoms with Gasteiger partial charge in [0.15, 0.2) is 0 Å². The van der Waals surface area contributed by atoms with E-state index in [2.05, 4.69) is 0 Å².